The Morgan fingerprint density at radius 2 is 1.59 bits per heavy atom. The minimum Gasteiger partial charge on any atom is -0.497 e. The summed E-state index contributed by atoms with van der Waals surface area (Å²) in [4.78, 5) is 29.5. The van der Waals surface area contributed by atoms with E-state index in [-0.39, 0.29) is 24.5 Å². The molecule has 0 aliphatic carbocycles. The number of aryl methyl sites for hydroxylation is 1. The van der Waals surface area contributed by atoms with E-state index < -0.39 is 0 Å². The number of hydrogen-bond acceptors (Lipinski definition) is 6. The van der Waals surface area contributed by atoms with Crippen molar-refractivity contribution in [2.75, 3.05) is 33.3 Å². The molecule has 1 unspecified atom stereocenters. The number of fused-ring (bicyclic) bond motifs is 1. The van der Waals surface area contributed by atoms with E-state index in [9.17, 15) is 9.59 Å². The molecule has 0 spiro atoms. The van der Waals surface area contributed by atoms with E-state index in [1.54, 1.807) is 45.9 Å². The van der Waals surface area contributed by atoms with Crippen LogP contribution < -0.4 is 4.74 Å². The fourth-order valence-corrected chi connectivity index (χ4v) is 4.34. The number of amides is 2. The number of ether oxygens (including phenoxy) is 2. The number of hydrogen-bond donors (Lipinski definition) is 0. The van der Waals surface area contributed by atoms with Crippen LogP contribution >= 0.6 is 0 Å². The van der Waals surface area contributed by atoms with Gasteiger partial charge in [-0.15, -0.1) is 5.10 Å². The second kappa shape index (κ2) is 9.26. The molecular weight excluding hydrogens is 434 g/mol. The summed E-state index contributed by atoms with van der Waals surface area (Å²) < 4.78 is 13.0. The summed E-state index contributed by atoms with van der Waals surface area (Å²) in [5, 5.41) is 8.41. The summed E-state index contributed by atoms with van der Waals surface area (Å²) in [6.45, 7) is 4.66. The Morgan fingerprint density at radius 1 is 0.941 bits per heavy atom. The molecule has 0 N–H and O–H groups in total. The van der Waals surface area contributed by atoms with Crippen LogP contribution in [0.3, 0.4) is 0 Å². The molecule has 0 bridgehead atoms. The van der Waals surface area contributed by atoms with Gasteiger partial charge in [0.2, 0.25) is 0 Å². The van der Waals surface area contributed by atoms with Gasteiger partial charge in [0.05, 0.1) is 26.0 Å². The SMILES string of the molecule is COc1ccc(C(=O)N2CCN(C(=O)c3nnn4c3COC(c3ccc(C)cc3)C4)CC2)cc1. The Morgan fingerprint density at radius 3 is 2.24 bits per heavy atom. The lowest BCUT2D eigenvalue weighted by atomic mass is 10.1. The van der Waals surface area contributed by atoms with Crippen molar-refractivity contribution in [2.45, 2.75) is 26.2 Å². The Balaban J connectivity index is 1.21. The Hall–Kier alpha value is -3.72. The molecule has 5 rings (SSSR count). The highest BCUT2D eigenvalue weighted by molar-refractivity contribution is 5.95. The average Bonchev–Trinajstić information content (AvgIpc) is 3.32. The molecule has 176 valence electrons. The van der Waals surface area contributed by atoms with Crippen molar-refractivity contribution < 1.29 is 19.1 Å². The lowest BCUT2D eigenvalue weighted by Crippen LogP contribution is -2.50. The van der Waals surface area contributed by atoms with Gasteiger partial charge in [-0.1, -0.05) is 35.0 Å². The zero-order valence-electron chi connectivity index (χ0n) is 19.3. The molecule has 9 nitrogen and oxygen atoms in total. The molecule has 3 aromatic rings. The fraction of sp³-hybridized carbons (Fsp3) is 0.360. The number of carbonyl (C=O) groups is 2. The molecule has 9 heteroatoms. The molecule has 34 heavy (non-hydrogen) atoms. The highest BCUT2D eigenvalue weighted by atomic mass is 16.5. The minimum absolute atomic E-state index is 0.0497. The van der Waals surface area contributed by atoms with Gasteiger partial charge in [-0.25, -0.2) is 4.68 Å². The number of nitrogens with zero attached hydrogens (tertiary/aromatic N) is 5. The maximum absolute atomic E-state index is 13.2. The Kier molecular flexibility index (Phi) is 6.02. The van der Waals surface area contributed by atoms with Gasteiger partial charge in [0.15, 0.2) is 5.69 Å². The first-order chi connectivity index (χ1) is 16.5. The normalized spacial score (nSPS) is 17.9. The summed E-state index contributed by atoms with van der Waals surface area (Å²) in [5.74, 6) is 0.486. The standard InChI is InChI=1S/C25H27N5O4/c1-17-3-5-18(6-4-17)22-15-30-21(16-34-22)23(26-27-30)25(32)29-13-11-28(12-14-29)24(31)19-7-9-20(33-2)10-8-19/h3-10,22H,11-16H2,1-2H3. The maximum Gasteiger partial charge on any atom is 0.276 e. The maximum atomic E-state index is 13.2. The first-order valence-corrected chi connectivity index (χ1v) is 11.4. The molecular formula is C25H27N5O4. The van der Waals surface area contributed by atoms with Crippen molar-refractivity contribution in [1.29, 1.82) is 0 Å². The van der Waals surface area contributed by atoms with Crippen LogP contribution in [0.4, 0.5) is 0 Å². The zero-order chi connectivity index (χ0) is 23.7. The first-order valence-electron chi connectivity index (χ1n) is 11.4. The molecule has 2 aromatic carbocycles. The third-order valence-corrected chi connectivity index (χ3v) is 6.44. The van der Waals surface area contributed by atoms with Gasteiger partial charge in [0, 0.05) is 31.7 Å². The van der Waals surface area contributed by atoms with Crippen molar-refractivity contribution in [1.82, 2.24) is 24.8 Å². The number of benzene rings is 2. The molecule has 2 amide bonds. The number of rotatable bonds is 4. The van der Waals surface area contributed by atoms with Crippen LogP contribution in [0.2, 0.25) is 0 Å². The number of piperazine rings is 1. The molecule has 1 saturated heterocycles. The van der Waals surface area contributed by atoms with E-state index >= 15 is 0 Å². The van der Waals surface area contributed by atoms with Crippen molar-refractivity contribution >= 4 is 11.8 Å². The van der Waals surface area contributed by atoms with Gasteiger partial charge in [-0.05, 0) is 36.8 Å². The monoisotopic (exact) mass is 461 g/mol. The predicted molar refractivity (Wildman–Crippen MR) is 124 cm³/mol. The number of aromatic nitrogens is 3. The molecule has 1 aromatic heterocycles. The number of carbonyl (C=O) groups excluding carboxylic acids is 2. The second-order valence-corrected chi connectivity index (χ2v) is 8.59. The van der Waals surface area contributed by atoms with Gasteiger partial charge in [0.25, 0.3) is 11.8 Å². The van der Waals surface area contributed by atoms with E-state index in [0.717, 1.165) is 5.56 Å². The van der Waals surface area contributed by atoms with E-state index in [1.807, 2.05) is 6.92 Å². The van der Waals surface area contributed by atoms with Crippen LogP contribution in [-0.2, 0) is 17.9 Å². The van der Waals surface area contributed by atoms with Crippen LogP contribution in [0.1, 0.15) is 43.8 Å². The van der Waals surface area contributed by atoms with Crippen LogP contribution in [0, 0.1) is 6.92 Å². The van der Waals surface area contributed by atoms with Crippen molar-refractivity contribution in [3.05, 3.63) is 76.6 Å². The fourth-order valence-electron chi connectivity index (χ4n) is 4.34. The molecule has 1 fully saturated rings. The molecule has 0 radical (unpaired) electrons. The quantitative estimate of drug-likeness (QED) is 0.593. The van der Waals surface area contributed by atoms with E-state index in [2.05, 4.69) is 34.6 Å². The molecule has 0 saturated carbocycles. The summed E-state index contributed by atoms with van der Waals surface area (Å²) in [6, 6.07) is 15.3. The predicted octanol–water partition coefficient (Wildman–Crippen LogP) is 2.46. The van der Waals surface area contributed by atoms with Crippen molar-refractivity contribution in [2.24, 2.45) is 0 Å². The van der Waals surface area contributed by atoms with Gasteiger partial charge in [-0.2, -0.15) is 0 Å². The average molecular weight is 462 g/mol. The highest BCUT2D eigenvalue weighted by Crippen LogP contribution is 2.27. The van der Waals surface area contributed by atoms with Gasteiger partial charge >= 0.3 is 0 Å². The molecule has 2 aliphatic rings. The van der Waals surface area contributed by atoms with Crippen LogP contribution in [0.5, 0.6) is 5.75 Å². The zero-order valence-corrected chi connectivity index (χ0v) is 19.3. The third kappa shape index (κ3) is 4.26. The topological polar surface area (TPSA) is 89.8 Å². The Bertz CT molecular complexity index is 1180. The summed E-state index contributed by atoms with van der Waals surface area (Å²) in [6.07, 6.45) is -0.120. The van der Waals surface area contributed by atoms with Crippen molar-refractivity contribution in [3.8, 4) is 5.75 Å². The molecule has 1 atom stereocenters. The molecule has 2 aliphatic heterocycles. The summed E-state index contributed by atoms with van der Waals surface area (Å²) >= 11 is 0. The van der Waals surface area contributed by atoms with Gasteiger partial charge < -0.3 is 19.3 Å². The minimum atomic E-state index is -0.171. The number of methoxy groups -OCH3 is 1. The second-order valence-electron chi connectivity index (χ2n) is 8.59. The highest BCUT2D eigenvalue weighted by Gasteiger charge is 2.32. The van der Waals surface area contributed by atoms with Gasteiger partial charge in [0.1, 0.15) is 11.9 Å². The molecule has 3 heterocycles. The van der Waals surface area contributed by atoms with Gasteiger partial charge in [-0.3, -0.25) is 9.59 Å². The van der Waals surface area contributed by atoms with E-state index in [4.69, 9.17) is 9.47 Å². The summed E-state index contributed by atoms with van der Waals surface area (Å²) in [5.41, 5.74) is 3.91. The van der Waals surface area contributed by atoms with E-state index in [1.165, 1.54) is 5.56 Å². The van der Waals surface area contributed by atoms with Crippen LogP contribution in [0.15, 0.2) is 48.5 Å². The van der Waals surface area contributed by atoms with Crippen LogP contribution in [0.25, 0.3) is 0 Å². The summed E-state index contributed by atoms with van der Waals surface area (Å²) in [7, 11) is 1.59. The van der Waals surface area contributed by atoms with Crippen molar-refractivity contribution in [3.63, 3.8) is 0 Å². The first kappa shape index (κ1) is 22.1. The van der Waals surface area contributed by atoms with E-state index in [0.29, 0.717) is 55.4 Å². The Labute approximate surface area is 197 Å². The third-order valence-electron chi connectivity index (χ3n) is 6.44. The van der Waals surface area contributed by atoms with Crippen LogP contribution in [-0.4, -0.2) is 69.9 Å². The lowest BCUT2D eigenvalue weighted by Gasteiger charge is -2.34. The smallest absolute Gasteiger partial charge is 0.276 e. The largest absolute Gasteiger partial charge is 0.497 e. The lowest BCUT2D eigenvalue weighted by molar-refractivity contribution is -0.00203.